The average molecular weight is 409 g/mol. The van der Waals surface area contributed by atoms with Gasteiger partial charge in [-0.3, -0.25) is 0 Å². The molecule has 0 heteroatoms. The molecule has 0 aliphatic heterocycles. The summed E-state index contributed by atoms with van der Waals surface area (Å²) in [4.78, 5) is 0. The Kier molecular flexibility index (Phi) is 8.47. The molecule has 2 aliphatic rings. The highest BCUT2D eigenvalue weighted by molar-refractivity contribution is 5.90. The zero-order valence-corrected chi connectivity index (χ0v) is 19.6. The van der Waals surface area contributed by atoms with Gasteiger partial charge in [0.15, 0.2) is 0 Å². The number of hydrogen-bond donors (Lipinski definition) is 0. The summed E-state index contributed by atoms with van der Waals surface area (Å²) in [5.74, 6) is 0. The molecule has 0 fully saturated rings. The first kappa shape index (κ1) is 22.8. The lowest BCUT2D eigenvalue weighted by molar-refractivity contribution is 1.02. The van der Waals surface area contributed by atoms with Crippen molar-refractivity contribution in [2.45, 2.75) is 59.8 Å². The summed E-state index contributed by atoms with van der Waals surface area (Å²) in [6.07, 6.45) is 6.07. The summed E-state index contributed by atoms with van der Waals surface area (Å²) < 4.78 is 0. The van der Waals surface area contributed by atoms with Gasteiger partial charge in [0, 0.05) is 0 Å². The molecule has 160 valence electrons. The van der Waals surface area contributed by atoms with E-state index in [9.17, 15) is 0 Å². The Morgan fingerprint density at radius 3 is 1.32 bits per heavy atom. The van der Waals surface area contributed by atoms with E-state index in [1.165, 1.54) is 69.8 Å². The van der Waals surface area contributed by atoms with Gasteiger partial charge < -0.3 is 0 Å². The van der Waals surface area contributed by atoms with E-state index in [1.54, 1.807) is 0 Å². The maximum atomic E-state index is 2.25. The van der Waals surface area contributed by atoms with Crippen molar-refractivity contribution in [3.05, 3.63) is 107 Å². The van der Waals surface area contributed by atoms with Crippen LogP contribution in [0.15, 0.2) is 84.9 Å². The van der Waals surface area contributed by atoms with Crippen LogP contribution in [0.3, 0.4) is 0 Å². The molecule has 0 nitrogen and oxygen atoms in total. The van der Waals surface area contributed by atoms with Crippen LogP contribution in [0, 0.1) is 0 Å². The summed E-state index contributed by atoms with van der Waals surface area (Å²) in [5.41, 5.74) is 8.81. The highest BCUT2D eigenvalue weighted by atomic mass is 14.2. The number of rotatable bonds is 0. The summed E-state index contributed by atoms with van der Waals surface area (Å²) >= 11 is 0. The highest BCUT2D eigenvalue weighted by Gasteiger charge is 2.16. The van der Waals surface area contributed by atoms with E-state index in [0.717, 1.165) is 6.42 Å². The third-order valence-corrected chi connectivity index (χ3v) is 5.45. The van der Waals surface area contributed by atoms with Crippen LogP contribution in [-0.2, 0) is 19.3 Å². The average Bonchev–Trinajstić information content (AvgIpc) is 3.39. The largest absolute Gasteiger partial charge is 0.0656 e. The van der Waals surface area contributed by atoms with Gasteiger partial charge in [-0.1, -0.05) is 125 Å². The number of fused-ring (bicyclic) bond motifs is 3. The van der Waals surface area contributed by atoms with E-state index in [-0.39, 0.29) is 0 Å². The molecule has 4 aromatic carbocycles. The van der Waals surface area contributed by atoms with Gasteiger partial charge in [0.2, 0.25) is 0 Å². The SMILES string of the molecule is CCC.CCC.c1cc2c3c(cccc3c1)CC2.c1ccc2c(c1)Cc1ccccc1-2. The van der Waals surface area contributed by atoms with Crippen LogP contribution < -0.4 is 0 Å². The Morgan fingerprint density at radius 1 is 0.484 bits per heavy atom. The molecule has 2 aliphatic carbocycles. The molecule has 6 rings (SSSR count). The van der Waals surface area contributed by atoms with Gasteiger partial charge in [-0.05, 0) is 63.4 Å². The molecule has 0 N–H and O–H groups in total. The van der Waals surface area contributed by atoms with E-state index in [0.29, 0.717) is 0 Å². The summed E-state index contributed by atoms with van der Waals surface area (Å²) in [6, 6.07) is 30.5. The topological polar surface area (TPSA) is 0 Å². The second-order valence-electron chi connectivity index (χ2n) is 8.34. The van der Waals surface area contributed by atoms with Crippen molar-refractivity contribution in [3.63, 3.8) is 0 Å². The standard InChI is InChI=1S/C13H10.C12H10.2C3H8/c1-3-7-12-10(5-1)9-11-6-2-4-8-13(11)12;1-3-9-4-2-6-11-8-7-10(5-1)12(9)11;2*1-3-2/h1-8H,9H2;1-6H,7-8H2;2*3H2,1-2H3. The van der Waals surface area contributed by atoms with E-state index in [2.05, 4.69) is 113 Å². The Bertz CT molecular complexity index is 1020. The fraction of sp³-hybridized carbons (Fsp3) is 0.290. The minimum Gasteiger partial charge on any atom is -0.0656 e. The predicted molar refractivity (Wildman–Crippen MR) is 138 cm³/mol. The fourth-order valence-corrected chi connectivity index (χ4v) is 4.27. The Morgan fingerprint density at radius 2 is 0.871 bits per heavy atom. The van der Waals surface area contributed by atoms with E-state index >= 15 is 0 Å². The molecule has 4 aromatic rings. The molecule has 0 atom stereocenters. The monoisotopic (exact) mass is 408 g/mol. The lowest BCUT2D eigenvalue weighted by Gasteiger charge is -1.99. The van der Waals surface area contributed by atoms with Gasteiger partial charge in [0.05, 0.1) is 0 Å². The minimum atomic E-state index is 1.10. The predicted octanol–water partition coefficient (Wildman–Crippen LogP) is 9.03. The molecule has 0 heterocycles. The van der Waals surface area contributed by atoms with Gasteiger partial charge in [-0.15, -0.1) is 0 Å². The van der Waals surface area contributed by atoms with Gasteiger partial charge in [0.25, 0.3) is 0 Å². The van der Waals surface area contributed by atoms with Crippen molar-refractivity contribution in [2.24, 2.45) is 0 Å². The molecule has 0 saturated carbocycles. The van der Waals surface area contributed by atoms with Crippen LogP contribution in [0.2, 0.25) is 0 Å². The molecule has 31 heavy (non-hydrogen) atoms. The number of hydrogen-bond acceptors (Lipinski definition) is 0. The normalized spacial score (nSPS) is 11.7. The van der Waals surface area contributed by atoms with Crippen LogP contribution in [0.25, 0.3) is 21.9 Å². The highest BCUT2D eigenvalue weighted by Crippen LogP contribution is 2.35. The van der Waals surface area contributed by atoms with Crippen molar-refractivity contribution in [1.82, 2.24) is 0 Å². The Hall–Kier alpha value is -2.86. The second kappa shape index (κ2) is 11.5. The zero-order chi connectivity index (χ0) is 22.1. The van der Waals surface area contributed by atoms with Crippen molar-refractivity contribution in [1.29, 1.82) is 0 Å². The van der Waals surface area contributed by atoms with E-state index in [1.807, 2.05) is 0 Å². The molecule has 0 spiro atoms. The maximum Gasteiger partial charge on any atom is -0.00135 e. The lowest BCUT2D eigenvalue weighted by Crippen LogP contribution is -1.77. The molecule has 0 radical (unpaired) electrons. The van der Waals surface area contributed by atoms with Crippen LogP contribution in [0.5, 0.6) is 0 Å². The molecule has 0 saturated heterocycles. The number of benzene rings is 4. The second-order valence-corrected chi connectivity index (χ2v) is 8.34. The van der Waals surface area contributed by atoms with Crippen LogP contribution in [0.1, 0.15) is 62.8 Å². The Labute approximate surface area is 189 Å². The first-order valence-corrected chi connectivity index (χ1v) is 11.9. The van der Waals surface area contributed by atoms with Crippen molar-refractivity contribution >= 4 is 10.8 Å². The quantitative estimate of drug-likeness (QED) is 0.240. The lowest BCUT2D eigenvalue weighted by atomic mass is 10.1. The first-order valence-electron chi connectivity index (χ1n) is 11.9. The summed E-state index contributed by atoms with van der Waals surface area (Å²) in [5, 5.41) is 2.92. The van der Waals surface area contributed by atoms with Crippen LogP contribution in [0.4, 0.5) is 0 Å². The summed E-state index contributed by atoms with van der Waals surface area (Å²) in [7, 11) is 0. The molecule has 0 aromatic heterocycles. The number of aryl methyl sites for hydroxylation is 2. The van der Waals surface area contributed by atoms with Crippen LogP contribution >= 0.6 is 0 Å². The van der Waals surface area contributed by atoms with Crippen molar-refractivity contribution in [2.75, 3.05) is 0 Å². The van der Waals surface area contributed by atoms with E-state index in [4.69, 9.17) is 0 Å². The fourth-order valence-electron chi connectivity index (χ4n) is 4.27. The van der Waals surface area contributed by atoms with Gasteiger partial charge >= 0.3 is 0 Å². The van der Waals surface area contributed by atoms with Gasteiger partial charge in [-0.25, -0.2) is 0 Å². The molecule has 0 bridgehead atoms. The van der Waals surface area contributed by atoms with Crippen molar-refractivity contribution < 1.29 is 0 Å². The van der Waals surface area contributed by atoms with Crippen molar-refractivity contribution in [3.8, 4) is 11.1 Å². The molecule has 0 amide bonds. The van der Waals surface area contributed by atoms with Crippen LogP contribution in [-0.4, -0.2) is 0 Å². The summed E-state index contributed by atoms with van der Waals surface area (Å²) in [6.45, 7) is 8.50. The third-order valence-electron chi connectivity index (χ3n) is 5.45. The minimum absolute atomic E-state index is 1.10. The molecule has 0 unspecified atom stereocenters. The first-order chi connectivity index (χ1) is 15.2. The van der Waals surface area contributed by atoms with Gasteiger partial charge in [-0.2, -0.15) is 0 Å². The molecular formula is C31H36. The van der Waals surface area contributed by atoms with Gasteiger partial charge in [0.1, 0.15) is 0 Å². The maximum absolute atomic E-state index is 2.25. The Balaban J connectivity index is 0.000000141. The third kappa shape index (κ3) is 5.44. The zero-order valence-electron chi connectivity index (χ0n) is 19.6. The molecular weight excluding hydrogens is 372 g/mol. The smallest absolute Gasteiger partial charge is 0.00135 e. The van der Waals surface area contributed by atoms with E-state index < -0.39 is 0 Å².